The molecule has 128 valence electrons. The van der Waals surface area contributed by atoms with E-state index < -0.39 is 0 Å². The third-order valence-corrected chi connectivity index (χ3v) is 3.55. The van der Waals surface area contributed by atoms with Gasteiger partial charge in [-0.3, -0.25) is 4.98 Å². The summed E-state index contributed by atoms with van der Waals surface area (Å²) in [5.41, 5.74) is 19.9. The Balaban J connectivity index is 0.00000144. The molecule has 0 saturated carbocycles. The second-order valence-electron chi connectivity index (χ2n) is 4.89. The molecule has 3 rings (SSSR count). The van der Waals surface area contributed by atoms with E-state index in [4.69, 9.17) is 21.9 Å². The highest BCUT2D eigenvalue weighted by Crippen LogP contribution is 2.34. The predicted molar refractivity (Wildman–Crippen MR) is 101 cm³/mol. The summed E-state index contributed by atoms with van der Waals surface area (Å²) in [5, 5.41) is 1.83. The number of methoxy groups -OCH3 is 1. The largest absolute Gasteiger partial charge is 0.495 e. The summed E-state index contributed by atoms with van der Waals surface area (Å²) in [6.45, 7) is 0. The molecular weight excluding hydrogens is 351 g/mol. The van der Waals surface area contributed by atoms with Crippen molar-refractivity contribution < 1.29 is 4.74 Å². The zero-order chi connectivity index (χ0) is 15.7. The van der Waals surface area contributed by atoms with Crippen LogP contribution in [0.1, 0.15) is 11.1 Å². The lowest BCUT2D eigenvalue weighted by molar-refractivity contribution is 0.417. The predicted octanol–water partition coefficient (Wildman–Crippen LogP) is 2.21. The van der Waals surface area contributed by atoms with Gasteiger partial charge >= 0.3 is 0 Å². The van der Waals surface area contributed by atoms with E-state index in [9.17, 15) is 0 Å². The molecule has 24 heavy (non-hydrogen) atoms. The standard InChI is InChI=1S/C15H16N6O.2ClH/c1-22-12-5-8(4-9-6-20-15(18)21-14(9)17)10-2-3-19-7-11(10)13(12)16;;/h2-3,5-7H,4,16H2,1H3,(H4,17,18,20,21);2*1H. The van der Waals surface area contributed by atoms with Crippen LogP contribution >= 0.6 is 24.8 Å². The molecule has 0 fully saturated rings. The van der Waals surface area contributed by atoms with E-state index >= 15 is 0 Å². The molecule has 0 aliphatic rings. The fourth-order valence-corrected chi connectivity index (χ4v) is 2.43. The Hall–Kier alpha value is -2.51. The first-order valence-corrected chi connectivity index (χ1v) is 6.66. The van der Waals surface area contributed by atoms with Crippen molar-refractivity contribution in [3.8, 4) is 5.75 Å². The van der Waals surface area contributed by atoms with Gasteiger partial charge in [-0.2, -0.15) is 4.98 Å². The van der Waals surface area contributed by atoms with Crippen molar-refractivity contribution in [3.05, 3.63) is 41.9 Å². The fraction of sp³-hybridized carbons (Fsp3) is 0.133. The highest BCUT2D eigenvalue weighted by Gasteiger charge is 2.12. The van der Waals surface area contributed by atoms with Gasteiger partial charge in [-0.25, -0.2) is 4.98 Å². The molecule has 0 amide bonds. The quantitative estimate of drug-likeness (QED) is 0.604. The smallest absolute Gasteiger partial charge is 0.221 e. The van der Waals surface area contributed by atoms with Gasteiger partial charge in [0.25, 0.3) is 0 Å². The molecule has 7 nitrogen and oxygen atoms in total. The number of benzene rings is 1. The van der Waals surface area contributed by atoms with Crippen LogP contribution in [0.4, 0.5) is 17.5 Å². The number of hydrogen-bond donors (Lipinski definition) is 3. The van der Waals surface area contributed by atoms with E-state index in [1.165, 1.54) is 0 Å². The van der Waals surface area contributed by atoms with E-state index in [2.05, 4.69) is 15.0 Å². The summed E-state index contributed by atoms with van der Waals surface area (Å²) < 4.78 is 5.35. The first-order valence-electron chi connectivity index (χ1n) is 6.66. The average Bonchev–Trinajstić information content (AvgIpc) is 2.52. The van der Waals surface area contributed by atoms with Gasteiger partial charge in [0, 0.05) is 36.0 Å². The Morgan fingerprint density at radius 3 is 2.46 bits per heavy atom. The second kappa shape index (κ2) is 7.85. The van der Waals surface area contributed by atoms with Crippen molar-refractivity contribution in [2.24, 2.45) is 0 Å². The molecule has 0 aliphatic heterocycles. The second-order valence-corrected chi connectivity index (χ2v) is 4.89. The van der Waals surface area contributed by atoms with Gasteiger partial charge in [0.15, 0.2) is 0 Å². The molecule has 0 spiro atoms. The number of hydrogen-bond acceptors (Lipinski definition) is 7. The Bertz CT molecular complexity index is 859. The van der Waals surface area contributed by atoms with E-state index in [0.29, 0.717) is 23.7 Å². The van der Waals surface area contributed by atoms with Crippen molar-refractivity contribution in [2.45, 2.75) is 6.42 Å². The van der Waals surface area contributed by atoms with E-state index in [1.807, 2.05) is 12.1 Å². The maximum Gasteiger partial charge on any atom is 0.221 e. The Labute approximate surface area is 151 Å². The van der Waals surface area contributed by atoms with Crippen LogP contribution in [0, 0.1) is 0 Å². The number of ether oxygens (including phenoxy) is 1. The van der Waals surface area contributed by atoms with Crippen molar-refractivity contribution in [3.63, 3.8) is 0 Å². The molecule has 0 saturated heterocycles. The third-order valence-electron chi connectivity index (χ3n) is 3.55. The number of nitrogen functional groups attached to an aromatic ring is 3. The monoisotopic (exact) mass is 368 g/mol. The van der Waals surface area contributed by atoms with Crippen LogP contribution < -0.4 is 21.9 Å². The number of rotatable bonds is 3. The molecule has 0 radical (unpaired) electrons. The summed E-state index contributed by atoms with van der Waals surface area (Å²) in [6, 6.07) is 3.81. The molecule has 0 unspecified atom stereocenters. The van der Waals surface area contributed by atoms with Crippen LogP contribution in [-0.4, -0.2) is 22.1 Å². The first-order chi connectivity index (χ1) is 10.6. The van der Waals surface area contributed by atoms with Gasteiger partial charge in [0.2, 0.25) is 5.95 Å². The van der Waals surface area contributed by atoms with Gasteiger partial charge in [0.1, 0.15) is 11.6 Å². The number of nitrogens with zero attached hydrogens (tertiary/aromatic N) is 3. The van der Waals surface area contributed by atoms with E-state index in [0.717, 1.165) is 21.9 Å². The zero-order valence-corrected chi connectivity index (χ0v) is 14.5. The third kappa shape index (κ3) is 3.52. The minimum Gasteiger partial charge on any atom is -0.495 e. The van der Waals surface area contributed by atoms with E-state index in [-0.39, 0.29) is 30.8 Å². The lowest BCUT2D eigenvalue weighted by Gasteiger charge is -2.13. The summed E-state index contributed by atoms with van der Waals surface area (Å²) in [5.74, 6) is 1.13. The van der Waals surface area contributed by atoms with Crippen LogP contribution in [-0.2, 0) is 6.42 Å². The zero-order valence-electron chi connectivity index (χ0n) is 12.9. The van der Waals surface area contributed by atoms with Crippen LogP contribution in [0.2, 0.25) is 0 Å². The van der Waals surface area contributed by atoms with Crippen LogP contribution in [0.5, 0.6) is 5.75 Å². The van der Waals surface area contributed by atoms with Crippen LogP contribution in [0.25, 0.3) is 10.8 Å². The summed E-state index contributed by atoms with van der Waals surface area (Å²) in [4.78, 5) is 12.1. The summed E-state index contributed by atoms with van der Waals surface area (Å²) in [7, 11) is 1.58. The molecule has 6 N–H and O–H groups in total. The molecule has 0 bridgehead atoms. The summed E-state index contributed by atoms with van der Waals surface area (Å²) >= 11 is 0. The SMILES string of the molecule is COc1cc(Cc2cnc(N)nc2N)c2ccncc2c1N.Cl.Cl. The highest BCUT2D eigenvalue weighted by atomic mass is 35.5. The maximum atomic E-state index is 6.11. The lowest BCUT2D eigenvalue weighted by Crippen LogP contribution is -2.05. The Kier molecular flexibility index (Phi) is 6.39. The summed E-state index contributed by atoms with van der Waals surface area (Å²) in [6.07, 6.45) is 5.62. The maximum absolute atomic E-state index is 6.11. The molecule has 1 aromatic carbocycles. The van der Waals surface area contributed by atoms with Gasteiger partial charge in [0.05, 0.1) is 12.8 Å². The molecule has 0 aliphatic carbocycles. The van der Waals surface area contributed by atoms with Crippen molar-refractivity contribution >= 4 is 53.0 Å². The number of anilines is 3. The minimum atomic E-state index is 0. The van der Waals surface area contributed by atoms with Crippen molar-refractivity contribution in [2.75, 3.05) is 24.3 Å². The number of halogens is 2. The lowest BCUT2D eigenvalue weighted by atomic mass is 9.99. The average molecular weight is 369 g/mol. The number of pyridine rings is 1. The van der Waals surface area contributed by atoms with Gasteiger partial charge in [-0.1, -0.05) is 0 Å². The van der Waals surface area contributed by atoms with E-state index in [1.54, 1.807) is 25.7 Å². The molecule has 3 aromatic rings. The van der Waals surface area contributed by atoms with Gasteiger partial charge in [-0.15, -0.1) is 24.8 Å². The van der Waals surface area contributed by atoms with Gasteiger partial charge < -0.3 is 21.9 Å². The molecule has 2 heterocycles. The Morgan fingerprint density at radius 1 is 1.04 bits per heavy atom. The molecular formula is C15H18Cl2N6O. The highest BCUT2D eigenvalue weighted by molar-refractivity contribution is 5.97. The molecule has 2 aromatic heterocycles. The van der Waals surface area contributed by atoms with Crippen molar-refractivity contribution in [1.82, 2.24) is 15.0 Å². The van der Waals surface area contributed by atoms with Crippen molar-refractivity contribution in [1.29, 1.82) is 0 Å². The van der Waals surface area contributed by atoms with Gasteiger partial charge in [-0.05, 0) is 23.1 Å². The van der Waals surface area contributed by atoms with Crippen LogP contribution in [0.3, 0.4) is 0 Å². The Morgan fingerprint density at radius 2 is 1.79 bits per heavy atom. The normalized spacial score (nSPS) is 9.88. The minimum absolute atomic E-state index is 0. The number of nitrogens with two attached hydrogens (primary N) is 3. The topological polar surface area (TPSA) is 126 Å². The number of fused-ring (bicyclic) bond motifs is 1. The first kappa shape index (κ1) is 19.5. The molecule has 9 heteroatoms. The fourth-order valence-electron chi connectivity index (χ4n) is 2.43. The molecule has 0 atom stereocenters. The van der Waals surface area contributed by atoms with Crippen LogP contribution in [0.15, 0.2) is 30.7 Å². The number of aromatic nitrogens is 3.